The molecule has 2 aliphatic heterocycles. The third-order valence-corrected chi connectivity index (χ3v) is 8.37. The Hall–Kier alpha value is -3.81. The summed E-state index contributed by atoms with van der Waals surface area (Å²) in [6.45, 7) is 8.17. The first-order valence-corrected chi connectivity index (χ1v) is 13.4. The Morgan fingerprint density at radius 2 is 2.08 bits per heavy atom. The third kappa shape index (κ3) is 3.77. The van der Waals surface area contributed by atoms with Crippen molar-refractivity contribution < 1.29 is 13.9 Å². The molecule has 2 aliphatic rings. The molecule has 0 spiro atoms. The van der Waals surface area contributed by atoms with Gasteiger partial charge in [-0.3, -0.25) is 0 Å². The van der Waals surface area contributed by atoms with Crippen LogP contribution in [-0.4, -0.2) is 35.4 Å². The molecule has 1 fully saturated rings. The van der Waals surface area contributed by atoms with Crippen LogP contribution in [0.4, 0.5) is 15.3 Å². The van der Waals surface area contributed by atoms with Crippen LogP contribution in [0.1, 0.15) is 42.5 Å². The van der Waals surface area contributed by atoms with Crippen LogP contribution >= 0.6 is 11.3 Å². The number of nitrogens with two attached hydrogens (primary N) is 1. The van der Waals surface area contributed by atoms with E-state index in [1.807, 2.05) is 6.92 Å². The average molecular weight is 531 g/mol. The predicted molar refractivity (Wildman–Crippen MR) is 148 cm³/mol. The number of aromatic nitrogens is 2. The van der Waals surface area contributed by atoms with Gasteiger partial charge in [0.1, 0.15) is 23.5 Å². The SMILES string of the molecule is CC(=N)COc1nc(N2CCC(C)C2)nc2c(C)c(-c3c(F)ccc4sc(N)c(C#N)c34)c3c(c12)COC3. The molecule has 3 N–H and O–H groups in total. The second kappa shape index (κ2) is 9.19. The number of thiophene rings is 1. The molecule has 4 aromatic rings. The van der Waals surface area contributed by atoms with E-state index < -0.39 is 5.82 Å². The van der Waals surface area contributed by atoms with Gasteiger partial charge in [-0.05, 0) is 60.6 Å². The summed E-state index contributed by atoms with van der Waals surface area (Å²) < 4.78 is 28.5. The Balaban J connectivity index is 1.70. The molecular weight excluding hydrogens is 503 g/mol. The van der Waals surface area contributed by atoms with E-state index >= 15 is 4.39 Å². The van der Waals surface area contributed by atoms with Crippen LogP contribution in [0, 0.1) is 35.4 Å². The van der Waals surface area contributed by atoms with Gasteiger partial charge in [0.15, 0.2) is 0 Å². The maximum atomic E-state index is 15.8. The third-order valence-electron chi connectivity index (χ3n) is 7.38. The van der Waals surface area contributed by atoms with E-state index in [1.54, 1.807) is 13.0 Å². The van der Waals surface area contributed by atoms with Gasteiger partial charge in [0, 0.05) is 34.5 Å². The number of benzene rings is 2. The summed E-state index contributed by atoms with van der Waals surface area (Å²) in [6, 6.07) is 5.28. The van der Waals surface area contributed by atoms with Gasteiger partial charge in [0.2, 0.25) is 11.8 Å². The van der Waals surface area contributed by atoms with E-state index in [4.69, 9.17) is 30.6 Å². The molecule has 0 aliphatic carbocycles. The maximum absolute atomic E-state index is 15.8. The van der Waals surface area contributed by atoms with Gasteiger partial charge in [-0.1, -0.05) is 6.92 Å². The molecule has 194 valence electrons. The average Bonchev–Trinajstić information content (AvgIpc) is 3.61. The van der Waals surface area contributed by atoms with Crippen LogP contribution in [0.3, 0.4) is 0 Å². The Labute approximate surface area is 223 Å². The van der Waals surface area contributed by atoms with Crippen molar-refractivity contribution in [2.24, 2.45) is 5.92 Å². The normalized spacial score (nSPS) is 16.8. The molecule has 1 atom stereocenters. The van der Waals surface area contributed by atoms with Crippen molar-refractivity contribution in [3.8, 4) is 23.1 Å². The van der Waals surface area contributed by atoms with E-state index in [0.717, 1.165) is 46.3 Å². The summed E-state index contributed by atoms with van der Waals surface area (Å²) in [7, 11) is 0. The lowest BCUT2D eigenvalue weighted by Crippen LogP contribution is -2.22. The monoisotopic (exact) mass is 530 g/mol. The number of fused-ring (bicyclic) bond motifs is 4. The first-order chi connectivity index (χ1) is 18.3. The zero-order chi connectivity index (χ0) is 26.7. The second-order valence-electron chi connectivity index (χ2n) is 10.2. The quantitative estimate of drug-likeness (QED) is 0.317. The van der Waals surface area contributed by atoms with Crippen LogP contribution in [0.5, 0.6) is 5.88 Å². The van der Waals surface area contributed by atoms with Crippen molar-refractivity contribution in [2.75, 3.05) is 30.3 Å². The summed E-state index contributed by atoms with van der Waals surface area (Å²) in [5.41, 5.74) is 10.9. The molecule has 0 bridgehead atoms. The molecule has 2 aromatic heterocycles. The highest BCUT2D eigenvalue weighted by Crippen LogP contribution is 2.48. The molecule has 1 saturated heterocycles. The minimum atomic E-state index is -0.429. The highest BCUT2D eigenvalue weighted by molar-refractivity contribution is 7.23. The summed E-state index contributed by atoms with van der Waals surface area (Å²) in [4.78, 5) is 12.0. The topological polar surface area (TPSA) is 121 Å². The second-order valence-corrected chi connectivity index (χ2v) is 11.2. The van der Waals surface area contributed by atoms with Crippen LogP contribution in [0.15, 0.2) is 12.1 Å². The van der Waals surface area contributed by atoms with Crippen molar-refractivity contribution in [3.63, 3.8) is 0 Å². The Morgan fingerprint density at radius 3 is 2.79 bits per heavy atom. The lowest BCUT2D eigenvalue weighted by molar-refractivity contribution is 0.135. The van der Waals surface area contributed by atoms with Crippen LogP contribution in [-0.2, 0) is 18.0 Å². The molecule has 8 nitrogen and oxygen atoms in total. The highest BCUT2D eigenvalue weighted by atomic mass is 32.1. The van der Waals surface area contributed by atoms with Gasteiger partial charge in [0.25, 0.3) is 0 Å². The van der Waals surface area contributed by atoms with Crippen molar-refractivity contribution in [3.05, 3.63) is 40.2 Å². The number of anilines is 2. The van der Waals surface area contributed by atoms with E-state index in [-0.39, 0.29) is 18.8 Å². The smallest absolute Gasteiger partial charge is 0.229 e. The molecule has 0 saturated carbocycles. The molecule has 6 rings (SSSR count). The lowest BCUT2D eigenvalue weighted by Gasteiger charge is -2.22. The van der Waals surface area contributed by atoms with E-state index in [1.165, 1.54) is 17.4 Å². The minimum Gasteiger partial charge on any atom is -0.471 e. The molecule has 4 heterocycles. The Bertz CT molecular complexity index is 1690. The van der Waals surface area contributed by atoms with Crippen molar-refractivity contribution >= 4 is 49.0 Å². The first kappa shape index (κ1) is 24.5. The minimum absolute atomic E-state index is 0.103. The fourth-order valence-electron chi connectivity index (χ4n) is 5.61. The number of halogens is 1. The van der Waals surface area contributed by atoms with Gasteiger partial charge < -0.3 is 25.5 Å². The van der Waals surface area contributed by atoms with Crippen LogP contribution in [0.25, 0.3) is 32.1 Å². The van der Waals surface area contributed by atoms with Crippen molar-refractivity contribution in [1.29, 1.82) is 10.7 Å². The number of nitriles is 1. The molecule has 38 heavy (non-hydrogen) atoms. The van der Waals surface area contributed by atoms with E-state index in [0.29, 0.717) is 57.1 Å². The molecule has 10 heteroatoms. The van der Waals surface area contributed by atoms with Crippen LogP contribution in [0.2, 0.25) is 0 Å². The van der Waals surface area contributed by atoms with Gasteiger partial charge >= 0.3 is 0 Å². The summed E-state index contributed by atoms with van der Waals surface area (Å²) in [6.07, 6.45) is 1.04. The van der Waals surface area contributed by atoms with E-state index in [2.05, 4.69) is 17.9 Å². The van der Waals surface area contributed by atoms with Crippen molar-refractivity contribution in [1.82, 2.24) is 9.97 Å². The maximum Gasteiger partial charge on any atom is 0.229 e. The molecule has 0 radical (unpaired) electrons. The number of ether oxygens (including phenoxy) is 2. The zero-order valence-electron chi connectivity index (χ0n) is 21.4. The highest BCUT2D eigenvalue weighted by Gasteiger charge is 2.31. The summed E-state index contributed by atoms with van der Waals surface area (Å²) >= 11 is 1.28. The summed E-state index contributed by atoms with van der Waals surface area (Å²) in [5.74, 6) is 1.06. The fourth-order valence-corrected chi connectivity index (χ4v) is 6.54. The number of rotatable bonds is 5. The molecular formula is C28H27FN6O2S. The van der Waals surface area contributed by atoms with Crippen LogP contribution < -0.4 is 15.4 Å². The molecule has 1 unspecified atom stereocenters. The summed E-state index contributed by atoms with van der Waals surface area (Å²) in [5, 5.41) is 19.4. The van der Waals surface area contributed by atoms with Gasteiger partial charge in [-0.15, -0.1) is 11.3 Å². The number of nitrogen functional groups attached to an aromatic ring is 1. The molecule has 2 aromatic carbocycles. The Morgan fingerprint density at radius 1 is 1.29 bits per heavy atom. The first-order valence-electron chi connectivity index (χ1n) is 12.5. The Kier molecular flexibility index (Phi) is 5.93. The zero-order valence-corrected chi connectivity index (χ0v) is 22.3. The number of hydrogen-bond donors (Lipinski definition) is 2. The standard InChI is InChI=1S/C28H27FN6O2S/c1-13-6-7-35(9-13)28-33-25-15(3)21(24-19(29)4-5-20-22(24)16(8-30)26(32)38-20)17-11-36-12-18(17)23(25)27(34-28)37-10-14(2)31/h4-5,13,31H,6-7,9-12,32H2,1-3H3. The number of nitrogens with zero attached hydrogens (tertiary/aromatic N) is 4. The predicted octanol–water partition coefficient (Wildman–Crippen LogP) is 5.71. The van der Waals surface area contributed by atoms with Gasteiger partial charge in [0.05, 0.1) is 29.7 Å². The fraction of sp³-hybridized carbons (Fsp3) is 0.357. The number of hydrogen-bond acceptors (Lipinski definition) is 9. The lowest BCUT2D eigenvalue weighted by atomic mass is 9.87. The molecule has 0 amide bonds. The number of nitrogens with one attached hydrogen (secondary N) is 1. The number of aryl methyl sites for hydroxylation is 1. The van der Waals surface area contributed by atoms with Gasteiger partial charge in [-0.25, -0.2) is 9.37 Å². The van der Waals surface area contributed by atoms with E-state index in [9.17, 15) is 5.26 Å². The van der Waals surface area contributed by atoms with Crippen molar-refractivity contribution in [2.45, 2.75) is 40.4 Å². The largest absolute Gasteiger partial charge is 0.471 e. The van der Waals surface area contributed by atoms with Gasteiger partial charge in [-0.2, -0.15) is 10.2 Å².